The molecule has 0 aliphatic carbocycles. The minimum atomic E-state index is -0.204. The van der Waals surface area contributed by atoms with E-state index >= 15 is 0 Å². The van der Waals surface area contributed by atoms with Crippen molar-refractivity contribution in [2.24, 2.45) is 0 Å². The number of nitrogens with zero attached hydrogens (tertiary/aromatic N) is 1. The molecule has 0 aliphatic heterocycles. The fraction of sp³-hybridized carbons (Fsp3) is 0.308. The predicted octanol–water partition coefficient (Wildman–Crippen LogP) is 2.05. The Balaban J connectivity index is 2.19. The number of carbonyl (C=O) groups is 1. The van der Waals surface area contributed by atoms with Gasteiger partial charge in [0.1, 0.15) is 11.5 Å². The second-order valence-electron chi connectivity index (χ2n) is 4.11. The Kier molecular flexibility index (Phi) is 3.72. The van der Waals surface area contributed by atoms with Crippen molar-refractivity contribution in [3.63, 3.8) is 0 Å². The summed E-state index contributed by atoms with van der Waals surface area (Å²) in [4.78, 5) is 29.6. The van der Waals surface area contributed by atoms with Crippen LogP contribution in [0.1, 0.15) is 26.2 Å². The fourth-order valence-electron chi connectivity index (χ4n) is 1.64. The van der Waals surface area contributed by atoms with Crippen LogP contribution in [0.2, 0.25) is 0 Å². The second-order valence-corrected chi connectivity index (χ2v) is 4.11. The van der Waals surface area contributed by atoms with Gasteiger partial charge in [-0.3, -0.25) is 9.59 Å². The molecule has 0 aromatic carbocycles. The number of nitrogens with one attached hydrogen (secondary N) is 2. The van der Waals surface area contributed by atoms with Gasteiger partial charge in [-0.1, -0.05) is 13.3 Å². The van der Waals surface area contributed by atoms with Crippen molar-refractivity contribution in [2.45, 2.75) is 26.2 Å². The van der Waals surface area contributed by atoms with E-state index in [9.17, 15) is 9.59 Å². The maximum absolute atomic E-state index is 11.6. The van der Waals surface area contributed by atoms with Gasteiger partial charge in [0.05, 0.1) is 0 Å². The van der Waals surface area contributed by atoms with Crippen molar-refractivity contribution in [1.29, 1.82) is 0 Å². The van der Waals surface area contributed by atoms with Crippen LogP contribution in [0.3, 0.4) is 0 Å². The van der Waals surface area contributed by atoms with Gasteiger partial charge in [0.2, 0.25) is 11.5 Å². The second kappa shape index (κ2) is 5.44. The molecule has 2 heterocycles. The minimum Gasteiger partial charge on any atom is -0.311 e. The van der Waals surface area contributed by atoms with E-state index in [0.717, 1.165) is 18.2 Å². The molecule has 0 unspecified atom stereocenters. The molecule has 2 N–H and O–H groups in total. The lowest BCUT2D eigenvalue weighted by molar-refractivity contribution is -0.116. The quantitative estimate of drug-likeness (QED) is 0.865. The molecule has 2 rings (SSSR count). The average molecular weight is 245 g/mol. The highest BCUT2D eigenvalue weighted by molar-refractivity contribution is 5.90. The number of aromatic amines is 1. The summed E-state index contributed by atoms with van der Waals surface area (Å²) in [6, 6.07) is 6.69. The van der Waals surface area contributed by atoms with Gasteiger partial charge < -0.3 is 10.3 Å². The number of pyridine rings is 2. The number of amides is 1. The average Bonchev–Trinajstić information content (AvgIpc) is 2.36. The molecule has 94 valence electrons. The summed E-state index contributed by atoms with van der Waals surface area (Å²) in [6.45, 7) is 2.03. The Bertz CT molecular complexity index is 619. The van der Waals surface area contributed by atoms with Crippen molar-refractivity contribution < 1.29 is 4.79 Å². The van der Waals surface area contributed by atoms with Crippen molar-refractivity contribution in [3.05, 3.63) is 34.6 Å². The monoisotopic (exact) mass is 245 g/mol. The molecule has 5 nitrogen and oxygen atoms in total. The van der Waals surface area contributed by atoms with Crippen LogP contribution in [0.4, 0.5) is 5.82 Å². The molecule has 0 radical (unpaired) electrons. The number of fused-ring (bicyclic) bond motifs is 1. The number of carbonyl (C=O) groups excluding carboxylic acids is 1. The SMILES string of the molecule is CCCCC(=O)Nc1ccc2ccc(=O)[nH]c2n1. The predicted molar refractivity (Wildman–Crippen MR) is 70.5 cm³/mol. The van der Waals surface area contributed by atoms with Crippen LogP contribution in [0, 0.1) is 0 Å². The summed E-state index contributed by atoms with van der Waals surface area (Å²) >= 11 is 0. The van der Waals surface area contributed by atoms with Crippen LogP contribution in [0.15, 0.2) is 29.1 Å². The molecule has 2 aromatic rings. The van der Waals surface area contributed by atoms with E-state index in [1.165, 1.54) is 6.07 Å². The lowest BCUT2D eigenvalue weighted by Crippen LogP contribution is -2.12. The normalized spacial score (nSPS) is 10.5. The zero-order chi connectivity index (χ0) is 13.0. The third-order valence-corrected chi connectivity index (χ3v) is 2.61. The first-order valence-electron chi connectivity index (χ1n) is 5.99. The molecule has 0 fully saturated rings. The molecule has 0 saturated carbocycles. The maximum Gasteiger partial charge on any atom is 0.249 e. The highest BCUT2D eigenvalue weighted by atomic mass is 16.1. The maximum atomic E-state index is 11.6. The van der Waals surface area contributed by atoms with Gasteiger partial charge in [-0.25, -0.2) is 4.98 Å². The Morgan fingerprint density at radius 3 is 2.89 bits per heavy atom. The number of hydrogen-bond acceptors (Lipinski definition) is 3. The first kappa shape index (κ1) is 12.3. The summed E-state index contributed by atoms with van der Waals surface area (Å²) in [5.41, 5.74) is 0.278. The van der Waals surface area contributed by atoms with Gasteiger partial charge in [0.15, 0.2) is 0 Å². The van der Waals surface area contributed by atoms with E-state index in [1.807, 2.05) is 13.0 Å². The lowest BCUT2D eigenvalue weighted by atomic mass is 10.2. The van der Waals surface area contributed by atoms with Crippen molar-refractivity contribution in [2.75, 3.05) is 5.32 Å². The number of H-pyrrole nitrogens is 1. The summed E-state index contributed by atoms with van der Waals surface area (Å²) in [7, 11) is 0. The largest absolute Gasteiger partial charge is 0.311 e. The topological polar surface area (TPSA) is 74.8 Å². The zero-order valence-electron chi connectivity index (χ0n) is 10.2. The zero-order valence-corrected chi connectivity index (χ0v) is 10.2. The van der Waals surface area contributed by atoms with E-state index in [0.29, 0.717) is 17.9 Å². The molecule has 0 aliphatic rings. The van der Waals surface area contributed by atoms with E-state index in [2.05, 4.69) is 15.3 Å². The molecule has 0 bridgehead atoms. The Morgan fingerprint density at radius 2 is 2.11 bits per heavy atom. The molecule has 0 spiro atoms. The minimum absolute atomic E-state index is 0.0537. The summed E-state index contributed by atoms with van der Waals surface area (Å²) < 4.78 is 0. The Hall–Kier alpha value is -2.17. The number of unbranched alkanes of at least 4 members (excludes halogenated alkanes) is 1. The van der Waals surface area contributed by atoms with Crippen molar-refractivity contribution in [3.8, 4) is 0 Å². The van der Waals surface area contributed by atoms with Crippen LogP contribution in [-0.4, -0.2) is 15.9 Å². The summed E-state index contributed by atoms with van der Waals surface area (Å²) in [5.74, 6) is 0.410. The van der Waals surface area contributed by atoms with Gasteiger partial charge in [-0.2, -0.15) is 0 Å². The third kappa shape index (κ3) is 2.94. The van der Waals surface area contributed by atoms with Gasteiger partial charge in [0.25, 0.3) is 0 Å². The number of rotatable bonds is 4. The molecule has 5 heteroatoms. The number of aromatic nitrogens is 2. The van der Waals surface area contributed by atoms with Crippen LogP contribution in [0.25, 0.3) is 11.0 Å². The molecular formula is C13H15N3O2. The number of hydrogen-bond donors (Lipinski definition) is 2. The van der Waals surface area contributed by atoms with Crippen LogP contribution < -0.4 is 10.9 Å². The van der Waals surface area contributed by atoms with E-state index in [4.69, 9.17) is 0 Å². The molecule has 18 heavy (non-hydrogen) atoms. The van der Waals surface area contributed by atoms with E-state index < -0.39 is 0 Å². The van der Waals surface area contributed by atoms with Crippen LogP contribution in [-0.2, 0) is 4.79 Å². The first-order chi connectivity index (χ1) is 8.69. The molecule has 2 aromatic heterocycles. The third-order valence-electron chi connectivity index (χ3n) is 2.61. The van der Waals surface area contributed by atoms with Gasteiger partial charge in [0, 0.05) is 17.9 Å². The number of anilines is 1. The Labute approximate surface area is 104 Å². The molecule has 1 amide bonds. The Morgan fingerprint density at radius 1 is 1.33 bits per heavy atom. The van der Waals surface area contributed by atoms with Crippen LogP contribution >= 0.6 is 0 Å². The standard InChI is InChI=1S/C13H15N3O2/c1-2-3-4-11(17)14-10-7-5-9-6-8-12(18)16-13(9)15-10/h5-8H,2-4H2,1H3,(H2,14,15,16,17,18). The highest BCUT2D eigenvalue weighted by Crippen LogP contribution is 2.11. The first-order valence-corrected chi connectivity index (χ1v) is 5.99. The van der Waals surface area contributed by atoms with E-state index in [1.54, 1.807) is 12.1 Å². The van der Waals surface area contributed by atoms with Crippen molar-refractivity contribution in [1.82, 2.24) is 9.97 Å². The van der Waals surface area contributed by atoms with E-state index in [-0.39, 0.29) is 11.5 Å². The summed E-state index contributed by atoms with van der Waals surface area (Å²) in [6.07, 6.45) is 2.32. The lowest BCUT2D eigenvalue weighted by Gasteiger charge is -2.04. The van der Waals surface area contributed by atoms with Crippen molar-refractivity contribution >= 4 is 22.8 Å². The summed E-state index contributed by atoms with van der Waals surface area (Å²) in [5, 5.41) is 3.55. The molecular weight excluding hydrogens is 230 g/mol. The van der Waals surface area contributed by atoms with Gasteiger partial charge in [-0.05, 0) is 24.6 Å². The van der Waals surface area contributed by atoms with Gasteiger partial charge in [-0.15, -0.1) is 0 Å². The molecule has 0 atom stereocenters. The fourth-order valence-corrected chi connectivity index (χ4v) is 1.64. The van der Waals surface area contributed by atoms with Crippen LogP contribution in [0.5, 0.6) is 0 Å². The van der Waals surface area contributed by atoms with Gasteiger partial charge >= 0.3 is 0 Å². The smallest absolute Gasteiger partial charge is 0.249 e. The molecule has 0 saturated heterocycles. The highest BCUT2D eigenvalue weighted by Gasteiger charge is 2.04.